The molecule has 3 heterocycles. The lowest BCUT2D eigenvalue weighted by atomic mass is 9.92. The smallest absolute Gasteiger partial charge is 0.255 e. The first-order valence-corrected chi connectivity index (χ1v) is 11.7. The number of benzene rings is 1. The third-order valence-corrected chi connectivity index (χ3v) is 6.76. The molecule has 1 aromatic heterocycles. The molecule has 8 nitrogen and oxygen atoms in total. The van der Waals surface area contributed by atoms with E-state index in [9.17, 15) is 14.4 Å². The molecule has 0 radical (unpaired) electrons. The highest BCUT2D eigenvalue weighted by molar-refractivity contribution is 6.05. The van der Waals surface area contributed by atoms with E-state index in [-0.39, 0.29) is 30.4 Å². The molecule has 2 aliphatic heterocycles. The summed E-state index contributed by atoms with van der Waals surface area (Å²) in [5.41, 5.74) is 2.46. The summed E-state index contributed by atoms with van der Waals surface area (Å²) in [5, 5.41) is 5.94. The summed E-state index contributed by atoms with van der Waals surface area (Å²) in [5.74, 6) is -0.107. The van der Waals surface area contributed by atoms with Crippen LogP contribution >= 0.6 is 0 Å². The fourth-order valence-corrected chi connectivity index (χ4v) is 5.01. The second kappa shape index (κ2) is 9.31. The molecule has 2 aromatic rings. The molecule has 1 unspecified atom stereocenters. The zero-order valence-corrected chi connectivity index (χ0v) is 18.5. The van der Waals surface area contributed by atoms with Gasteiger partial charge in [-0.25, -0.2) is 0 Å². The lowest BCUT2D eigenvalue weighted by Gasteiger charge is -2.32. The van der Waals surface area contributed by atoms with Crippen molar-refractivity contribution in [2.75, 3.05) is 0 Å². The van der Waals surface area contributed by atoms with Gasteiger partial charge >= 0.3 is 0 Å². The molecule has 33 heavy (non-hydrogen) atoms. The van der Waals surface area contributed by atoms with E-state index in [1.165, 1.54) is 6.42 Å². The van der Waals surface area contributed by atoms with Crippen LogP contribution in [-0.4, -0.2) is 45.8 Å². The summed E-state index contributed by atoms with van der Waals surface area (Å²) in [6.45, 7) is 1.05. The first-order valence-electron chi connectivity index (χ1n) is 11.7. The van der Waals surface area contributed by atoms with E-state index < -0.39 is 11.9 Å². The van der Waals surface area contributed by atoms with Crippen LogP contribution in [0.3, 0.4) is 0 Å². The summed E-state index contributed by atoms with van der Waals surface area (Å²) in [4.78, 5) is 42.6. The first kappa shape index (κ1) is 21.6. The molecule has 8 heteroatoms. The predicted molar refractivity (Wildman–Crippen MR) is 120 cm³/mol. The minimum Gasteiger partial charge on any atom is -0.489 e. The Kier molecular flexibility index (Phi) is 6.09. The predicted octanol–water partition coefficient (Wildman–Crippen LogP) is 2.32. The van der Waals surface area contributed by atoms with Crippen LogP contribution in [-0.2, 0) is 22.7 Å². The van der Waals surface area contributed by atoms with E-state index in [0.717, 1.165) is 36.3 Å². The third-order valence-electron chi connectivity index (χ3n) is 6.76. The van der Waals surface area contributed by atoms with Gasteiger partial charge in [0.2, 0.25) is 11.8 Å². The molecule has 3 aliphatic rings. The lowest BCUT2D eigenvalue weighted by molar-refractivity contribution is -0.136. The Balaban J connectivity index is 1.25. The fraction of sp³-hybridized carbons (Fsp3) is 0.440. The van der Waals surface area contributed by atoms with Crippen LogP contribution in [0.15, 0.2) is 42.6 Å². The van der Waals surface area contributed by atoms with Crippen molar-refractivity contribution in [1.82, 2.24) is 20.5 Å². The van der Waals surface area contributed by atoms with Crippen LogP contribution in [0.5, 0.6) is 5.75 Å². The standard InChI is InChI=1S/C25H28N4O4/c30-23-11-10-21(24(31)28-23)29-15-16-13-18(8-9-19(16)25(29)32)33-22-7-2-1-6-20(22)27-14-17-5-3-4-12-26-17/h3-5,8-9,12-13,20-22,27H,1-2,6-7,10-11,14-15H2,(H,28,30,31)/t20-,21?,22-/m1/s1. The highest BCUT2D eigenvalue weighted by Gasteiger charge is 2.39. The van der Waals surface area contributed by atoms with E-state index in [1.807, 2.05) is 30.3 Å². The van der Waals surface area contributed by atoms with Gasteiger partial charge in [-0.05, 0) is 61.6 Å². The van der Waals surface area contributed by atoms with Crippen molar-refractivity contribution in [2.24, 2.45) is 0 Å². The van der Waals surface area contributed by atoms with Gasteiger partial charge in [-0.2, -0.15) is 0 Å². The Labute approximate surface area is 192 Å². The number of carbonyl (C=O) groups excluding carboxylic acids is 3. The number of rotatable bonds is 6. The van der Waals surface area contributed by atoms with Crippen LogP contribution in [0.25, 0.3) is 0 Å². The highest BCUT2D eigenvalue weighted by Crippen LogP contribution is 2.32. The number of imide groups is 1. The molecular weight excluding hydrogens is 420 g/mol. The second-order valence-corrected chi connectivity index (χ2v) is 8.97. The quantitative estimate of drug-likeness (QED) is 0.658. The number of aromatic nitrogens is 1. The van der Waals surface area contributed by atoms with Gasteiger partial charge < -0.3 is 15.0 Å². The third kappa shape index (κ3) is 4.61. The molecule has 3 amide bonds. The van der Waals surface area contributed by atoms with Crippen molar-refractivity contribution in [3.05, 3.63) is 59.4 Å². The topological polar surface area (TPSA) is 101 Å². The Morgan fingerprint density at radius 2 is 1.97 bits per heavy atom. The number of nitrogens with one attached hydrogen (secondary N) is 2. The molecule has 172 valence electrons. The molecule has 2 N–H and O–H groups in total. The molecule has 3 atom stereocenters. The Bertz CT molecular complexity index is 1060. The van der Waals surface area contributed by atoms with Crippen LogP contribution in [0.1, 0.15) is 60.1 Å². The number of fused-ring (bicyclic) bond motifs is 1. The molecule has 0 bridgehead atoms. The molecule has 1 saturated heterocycles. The maximum atomic E-state index is 12.9. The normalized spacial score (nSPS) is 25.0. The van der Waals surface area contributed by atoms with Crippen molar-refractivity contribution < 1.29 is 19.1 Å². The second-order valence-electron chi connectivity index (χ2n) is 8.97. The van der Waals surface area contributed by atoms with Crippen LogP contribution in [0.2, 0.25) is 0 Å². The minimum atomic E-state index is -0.606. The molecule has 1 aliphatic carbocycles. The summed E-state index contributed by atoms with van der Waals surface area (Å²) >= 11 is 0. The van der Waals surface area contributed by atoms with Gasteiger partial charge in [0.05, 0.1) is 5.69 Å². The number of pyridine rings is 1. The molecular formula is C25H28N4O4. The van der Waals surface area contributed by atoms with Gasteiger partial charge in [0.15, 0.2) is 0 Å². The number of nitrogens with zero attached hydrogens (tertiary/aromatic N) is 2. The average molecular weight is 449 g/mol. The number of carbonyl (C=O) groups is 3. The van der Waals surface area contributed by atoms with Crippen LogP contribution in [0.4, 0.5) is 0 Å². The molecule has 2 fully saturated rings. The summed E-state index contributed by atoms with van der Waals surface area (Å²) in [7, 11) is 0. The number of ether oxygens (including phenoxy) is 1. The van der Waals surface area contributed by atoms with Crippen LogP contribution in [0, 0.1) is 0 Å². The van der Waals surface area contributed by atoms with Gasteiger partial charge in [-0.15, -0.1) is 0 Å². The SMILES string of the molecule is O=C1CCC(N2Cc3cc(O[C@@H]4CCCC[C@H]4NCc4ccccn4)ccc3C2=O)C(=O)N1. The minimum absolute atomic E-state index is 0.0452. The van der Waals surface area contributed by atoms with Gasteiger partial charge in [0, 0.05) is 37.3 Å². The molecule has 0 spiro atoms. The fourth-order valence-electron chi connectivity index (χ4n) is 5.01. The van der Waals surface area contributed by atoms with Gasteiger partial charge in [-0.3, -0.25) is 24.7 Å². The summed E-state index contributed by atoms with van der Waals surface area (Å²) < 4.78 is 6.40. The number of hydrogen-bond acceptors (Lipinski definition) is 6. The van der Waals surface area contributed by atoms with Gasteiger partial charge in [0.25, 0.3) is 5.91 Å². The van der Waals surface area contributed by atoms with Crippen LogP contribution < -0.4 is 15.4 Å². The van der Waals surface area contributed by atoms with Crippen molar-refractivity contribution in [3.63, 3.8) is 0 Å². The Morgan fingerprint density at radius 1 is 1.09 bits per heavy atom. The molecule has 5 rings (SSSR count). The van der Waals surface area contributed by atoms with Gasteiger partial charge in [0.1, 0.15) is 17.9 Å². The number of piperidine rings is 1. The highest BCUT2D eigenvalue weighted by atomic mass is 16.5. The largest absolute Gasteiger partial charge is 0.489 e. The van der Waals surface area contributed by atoms with E-state index >= 15 is 0 Å². The van der Waals surface area contributed by atoms with E-state index in [2.05, 4.69) is 15.6 Å². The van der Waals surface area contributed by atoms with Crippen molar-refractivity contribution in [1.29, 1.82) is 0 Å². The molecule has 1 aromatic carbocycles. The maximum absolute atomic E-state index is 12.9. The van der Waals surface area contributed by atoms with Crippen molar-refractivity contribution in [3.8, 4) is 5.75 Å². The van der Waals surface area contributed by atoms with Crippen molar-refractivity contribution >= 4 is 17.7 Å². The average Bonchev–Trinajstić information content (AvgIpc) is 3.14. The number of amides is 3. The first-order chi connectivity index (χ1) is 16.1. The molecule has 1 saturated carbocycles. The van der Waals surface area contributed by atoms with Crippen molar-refractivity contribution in [2.45, 2.75) is 69.8 Å². The van der Waals surface area contributed by atoms with E-state index in [0.29, 0.717) is 25.1 Å². The van der Waals surface area contributed by atoms with E-state index in [4.69, 9.17) is 4.74 Å². The number of hydrogen-bond donors (Lipinski definition) is 2. The summed E-state index contributed by atoms with van der Waals surface area (Å²) in [6, 6.07) is 11.1. The Morgan fingerprint density at radius 3 is 2.79 bits per heavy atom. The Hall–Kier alpha value is -3.26. The monoisotopic (exact) mass is 448 g/mol. The van der Waals surface area contributed by atoms with Gasteiger partial charge in [-0.1, -0.05) is 12.5 Å². The maximum Gasteiger partial charge on any atom is 0.255 e. The zero-order chi connectivity index (χ0) is 22.8. The van der Waals surface area contributed by atoms with E-state index in [1.54, 1.807) is 17.2 Å². The zero-order valence-electron chi connectivity index (χ0n) is 18.5. The summed E-state index contributed by atoms with van der Waals surface area (Å²) in [6.07, 6.45) is 6.76. The lowest BCUT2D eigenvalue weighted by Crippen LogP contribution is -2.52.